The molecule has 4 heteroatoms. The molecule has 0 aliphatic carbocycles. The molecule has 1 unspecified atom stereocenters. The van der Waals surface area contributed by atoms with E-state index in [0.29, 0.717) is 5.02 Å². The number of halogens is 1. The summed E-state index contributed by atoms with van der Waals surface area (Å²) in [5, 5.41) is 13.6. The quantitative estimate of drug-likeness (QED) is 0.868. The summed E-state index contributed by atoms with van der Waals surface area (Å²) in [7, 11) is 0. The number of benzene rings is 1. The summed E-state index contributed by atoms with van der Waals surface area (Å²) < 4.78 is 0. The van der Waals surface area contributed by atoms with Crippen molar-refractivity contribution in [2.45, 2.75) is 26.4 Å². The molecule has 0 heterocycles. The van der Waals surface area contributed by atoms with Gasteiger partial charge in [-0.3, -0.25) is 4.79 Å². The topological polar surface area (TPSA) is 49.3 Å². The van der Waals surface area contributed by atoms with Crippen LogP contribution in [0.5, 0.6) is 0 Å². The molecule has 0 radical (unpaired) electrons. The molecule has 0 spiro atoms. The predicted molar refractivity (Wildman–Crippen MR) is 68.9 cm³/mol. The number of aliphatic hydroxyl groups is 1. The Balaban J connectivity index is 2.68. The molecule has 2 N–H and O–H groups in total. The minimum absolute atomic E-state index is 0.0701. The molecule has 0 fully saturated rings. The molecule has 0 bridgehead atoms. The largest absolute Gasteiger partial charge is 0.384 e. The maximum absolute atomic E-state index is 11.4. The van der Waals surface area contributed by atoms with E-state index in [2.05, 4.69) is 5.32 Å². The lowest BCUT2D eigenvalue weighted by molar-refractivity contribution is -0.125. The number of rotatable bonds is 4. The lowest BCUT2D eigenvalue weighted by atomic mass is 9.96. The average molecular weight is 256 g/mol. The van der Waals surface area contributed by atoms with Gasteiger partial charge in [0.05, 0.1) is 6.54 Å². The summed E-state index contributed by atoms with van der Waals surface area (Å²) in [5.41, 5.74) is -0.360. The molecule has 17 heavy (non-hydrogen) atoms. The van der Waals surface area contributed by atoms with E-state index in [1.165, 1.54) is 0 Å². The van der Waals surface area contributed by atoms with Gasteiger partial charge >= 0.3 is 0 Å². The second kappa shape index (κ2) is 5.52. The first-order valence-electron chi connectivity index (χ1n) is 5.59. The number of carbonyl (C=O) groups excluding carboxylic acids is 1. The Morgan fingerprint density at radius 2 is 1.94 bits per heavy atom. The number of hydrogen-bond acceptors (Lipinski definition) is 2. The van der Waals surface area contributed by atoms with Crippen molar-refractivity contribution in [3.63, 3.8) is 0 Å². The minimum atomic E-state index is -1.09. The lowest BCUT2D eigenvalue weighted by Crippen LogP contribution is -2.40. The van der Waals surface area contributed by atoms with E-state index in [1.54, 1.807) is 31.2 Å². The van der Waals surface area contributed by atoms with Gasteiger partial charge < -0.3 is 10.4 Å². The zero-order chi connectivity index (χ0) is 13.1. The lowest BCUT2D eigenvalue weighted by Gasteiger charge is -2.24. The first-order chi connectivity index (χ1) is 7.83. The van der Waals surface area contributed by atoms with Crippen LogP contribution in [-0.2, 0) is 10.4 Å². The smallest absolute Gasteiger partial charge is 0.222 e. The molecule has 0 saturated heterocycles. The molecule has 3 nitrogen and oxygen atoms in total. The van der Waals surface area contributed by atoms with Crippen LogP contribution in [0.4, 0.5) is 0 Å². The highest BCUT2D eigenvalue weighted by Crippen LogP contribution is 2.21. The van der Waals surface area contributed by atoms with Crippen molar-refractivity contribution in [1.82, 2.24) is 5.32 Å². The summed E-state index contributed by atoms with van der Waals surface area (Å²) in [6.45, 7) is 5.47. The second-order valence-electron chi connectivity index (χ2n) is 4.65. The van der Waals surface area contributed by atoms with Crippen LogP contribution in [-0.4, -0.2) is 17.6 Å². The summed E-state index contributed by atoms with van der Waals surface area (Å²) >= 11 is 5.78. The van der Waals surface area contributed by atoms with Gasteiger partial charge in [0.25, 0.3) is 0 Å². The van der Waals surface area contributed by atoms with Gasteiger partial charge in [-0.2, -0.15) is 0 Å². The van der Waals surface area contributed by atoms with Gasteiger partial charge in [0, 0.05) is 10.9 Å². The van der Waals surface area contributed by atoms with Crippen molar-refractivity contribution in [3.05, 3.63) is 34.9 Å². The van der Waals surface area contributed by atoms with Crippen LogP contribution in [0.25, 0.3) is 0 Å². The Hall–Kier alpha value is -1.06. The molecule has 1 amide bonds. The first-order valence-corrected chi connectivity index (χ1v) is 5.97. The second-order valence-corrected chi connectivity index (χ2v) is 5.09. The van der Waals surface area contributed by atoms with E-state index in [-0.39, 0.29) is 18.4 Å². The molecule has 94 valence electrons. The van der Waals surface area contributed by atoms with Crippen molar-refractivity contribution >= 4 is 17.5 Å². The third-order valence-electron chi connectivity index (χ3n) is 2.60. The standard InChI is InChI=1S/C13H18ClNO2/c1-9(2)12(16)15-8-13(3,17)10-4-6-11(14)7-5-10/h4-7,9,17H,8H2,1-3H3,(H,15,16). The van der Waals surface area contributed by atoms with Crippen molar-refractivity contribution in [3.8, 4) is 0 Å². The van der Waals surface area contributed by atoms with Crippen molar-refractivity contribution in [2.24, 2.45) is 5.92 Å². The van der Waals surface area contributed by atoms with Gasteiger partial charge in [0.1, 0.15) is 5.60 Å². The third kappa shape index (κ3) is 4.02. The van der Waals surface area contributed by atoms with E-state index in [4.69, 9.17) is 11.6 Å². The Bertz CT molecular complexity index is 385. The zero-order valence-electron chi connectivity index (χ0n) is 10.3. The molecule has 0 aromatic heterocycles. The zero-order valence-corrected chi connectivity index (χ0v) is 11.1. The van der Waals surface area contributed by atoms with Gasteiger partial charge in [-0.1, -0.05) is 37.6 Å². The van der Waals surface area contributed by atoms with E-state index in [9.17, 15) is 9.90 Å². The van der Waals surface area contributed by atoms with Gasteiger partial charge in [0.2, 0.25) is 5.91 Å². The molecular formula is C13H18ClNO2. The number of carbonyl (C=O) groups is 1. The van der Waals surface area contributed by atoms with Crippen molar-refractivity contribution in [2.75, 3.05) is 6.54 Å². The molecule has 0 aliphatic heterocycles. The Morgan fingerprint density at radius 1 is 1.41 bits per heavy atom. The van der Waals surface area contributed by atoms with E-state index >= 15 is 0 Å². The van der Waals surface area contributed by atoms with Crippen LogP contribution >= 0.6 is 11.6 Å². The number of hydrogen-bond donors (Lipinski definition) is 2. The summed E-state index contributed by atoms with van der Waals surface area (Å²) in [6, 6.07) is 6.94. The van der Waals surface area contributed by atoms with Crippen LogP contribution < -0.4 is 5.32 Å². The van der Waals surface area contributed by atoms with Crippen molar-refractivity contribution < 1.29 is 9.90 Å². The van der Waals surface area contributed by atoms with Gasteiger partial charge in [0.15, 0.2) is 0 Å². The van der Waals surface area contributed by atoms with Crippen LogP contribution in [0.2, 0.25) is 5.02 Å². The summed E-state index contributed by atoms with van der Waals surface area (Å²) in [5.74, 6) is -0.157. The molecule has 1 atom stereocenters. The van der Waals surface area contributed by atoms with E-state index in [1.807, 2.05) is 13.8 Å². The summed E-state index contributed by atoms with van der Waals surface area (Å²) in [4.78, 5) is 11.4. The monoisotopic (exact) mass is 255 g/mol. The summed E-state index contributed by atoms with van der Waals surface area (Å²) in [6.07, 6.45) is 0. The molecule has 1 aromatic carbocycles. The highest BCUT2D eigenvalue weighted by atomic mass is 35.5. The third-order valence-corrected chi connectivity index (χ3v) is 2.85. The highest BCUT2D eigenvalue weighted by molar-refractivity contribution is 6.30. The molecule has 1 aromatic rings. The van der Waals surface area contributed by atoms with Gasteiger partial charge in [-0.25, -0.2) is 0 Å². The van der Waals surface area contributed by atoms with Gasteiger partial charge in [-0.05, 0) is 24.6 Å². The normalized spacial score (nSPS) is 14.5. The molecule has 0 saturated carbocycles. The van der Waals surface area contributed by atoms with Gasteiger partial charge in [-0.15, -0.1) is 0 Å². The average Bonchev–Trinajstić information content (AvgIpc) is 2.26. The molecule has 1 rings (SSSR count). The fourth-order valence-electron chi connectivity index (χ4n) is 1.37. The van der Waals surface area contributed by atoms with Crippen molar-refractivity contribution in [1.29, 1.82) is 0 Å². The SMILES string of the molecule is CC(C)C(=O)NCC(C)(O)c1ccc(Cl)cc1. The minimum Gasteiger partial charge on any atom is -0.384 e. The Kier molecular flexibility index (Phi) is 4.54. The first kappa shape index (κ1) is 14.0. The molecule has 0 aliphatic rings. The fourth-order valence-corrected chi connectivity index (χ4v) is 1.50. The van der Waals surface area contributed by atoms with Crippen LogP contribution in [0.15, 0.2) is 24.3 Å². The predicted octanol–water partition coefficient (Wildman–Crippen LogP) is 2.32. The molecular weight excluding hydrogens is 238 g/mol. The highest BCUT2D eigenvalue weighted by Gasteiger charge is 2.24. The van der Waals surface area contributed by atoms with E-state index in [0.717, 1.165) is 5.56 Å². The van der Waals surface area contributed by atoms with Crippen LogP contribution in [0, 0.1) is 5.92 Å². The Labute approximate surface area is 107 Å². The number of nitrogens with one attached hydrogen (secondary N) is 1. The van der Waals surface area contributed by atoms with Crippen LogP contribution in [0.3, 0.4) is 0 Å². The Morgan fingerprint density at radius 3 is 2.41 bits per heavy atom. The maximum Gasteiger partial charge on any atom is 0.222 e. The van der Waals surface area contributed by atoms with Crippen LogP contribution in [0.1, 0.15) is 26.3 Å². The maximum atomic E-state index is 11.4. The fraction of sp³-hybridized carbons (Fsp3) is 0.462. The van der Waals surface area contributed by atoms with E-state index < -0.39 is 5.60 Å². The number of amides is 1.